The SMILES string of the molecule is CCNC1CCC(OC(=O)n2cc(CCN(C)C)c3ccc(OC)cc32)CC1. The van der Waals surface area contributed by atoms with Gasteiger partial charge in [-0.25, -0.2) is 4.79 Å². The summed E-state index contributed by atoms with van der Waals surface area (Å²) in [4.78, 5) is 15.1. The highest BCUT2D eigenvalue weighted by atomic mass is 16.6. The molecule has 0 spiro atoms. The number of aromatic nitrogens is 1. The molecule has 0 aliphatic heterocycles. The fourth-order valence-corrected chi connectivity index (χ4v) is 3.97. The van der Waals surface area contributed by atoms with Crippen LogP contribution in [0.15, 0.2) is 24.4 Å². The van der Waals surface area contributed by atoms with Crippen molar-refractivity contribution in [3.63, 3.8) is 0 Å². The molecule has 154 valence electrons. The van der Waals surface area contributed by atoms with Gasteiger partial charge in [0.2, 0.25) is 0 Å². The van der Waals surface area contributed by atoms with Gasteiger partial charge in [0.05, 0.1) is 12.6 Å². The smallest absolute Gasteiger partial charge is 0.418 e. The average molecular weight is 388 g/mol. The summed E-state index contributed by atoms with van der Waals surface area (Å²) in [7, 11) is 5.75. The maximum absolute atomic E-state index is 13.0. The van der Waals surface area contributed by atoms with E-state index in [1.54, 1.807) is 11.7 Å². The van der Waals surface area contributed by atoms with Crippen molar-refractivity contribution >= 4 is 17.0 Å². The lowest BCUT2D eigenvalue weighted by atomic mass is 9.93. The monoisotopic (exact) mass is 387 g/mol. The van der Waals surface area contributed by atoms with Crippen LogP contribution in [0.4, 0.5) is 4.79 Å². The molecule has 1 aliphatic rings. The summed E-state index contributed by atoms with van der Waals surface area (Å²) >= 11 is 0. The lowest BCUT2D eigenvalue weighted by Gasteiger charge is -2.28. The number of carbonyl (C=O) groups is 1. The number of benzene rings is 1. The predicted molar refractivity (Wildman–Crippen MR) is 112 cm³/mol. The zero-order valence-corrected chi connectivity index (χ0v) is 17.5. The third kappa shape index (κ3) is 4.86. The lowest BCUT2D eigenvalue weighted by molar-refractivity contribution is 0.0707. The standard InChI is InChI=1S/C22H33N3O3/c1-5-23-17-6-8-18(9-7-17)28-22(26)25-15-16(12-13-24(2)3)20-11-10-19(27-4)14-21(20)25/h10-11,14-15,17-18,23H,5-9,12-13H2,1-4H3. The molecule has 0 saturated heterocycles. The number of methoxy groups -OCH3 is 1. The van der Waals surface area contributed by atoms with Crippen LogP contribution < -0.4 is 10.1 Å². The zero-order valence-electron chi connectivity index (χ0n) is 17.5. The van der Waals surface area contributed by atoms with E-state index in [4.69, 9.17) is 9.47 Å². The van der Waals surface area contributed by atoms with Crippen molar-refractivity contribution in [3.8, 4) is 5.75 Å². The average Bonchev–Trinajstić information content (AvgIpc) is 3.06. The van der Waals surface area contributed by atoms with Crippen LogP contribution in [0.1, 0.15) is 38.2 Å². The van der Waals surface area contributed by atoms with Crippen molar-refractivity contribution in [2.24, 2.45) is 0 Å². The molecule has 1 aliphatic carbocycles. The molecule has 2 aromatic rings. The molecule has 6 heteroatoms. The van der Waals surface area contributed by atoms with Gasteiger partial charge in [-0.1, -0.05) is 6.92 Å². The Hall–Kier alpha value is -2.05. The van der Waals surface area contributed by atoms with Gasteiger partial charge in [-0.3, -0.25) is 4.57 Å². The first-order valence-corrected chi connectivity index (χ1v) is 10.3. The summed E-state index contributed by atoms with van der Waals surface area (Å²) in [5.41, 5.74) is 2.00. The summed E-state index contributed by atoms with van der Waals surface area (Å²) in [6.45, 7) is 4.04. The number of likely N-dealkylation sites (N-methyl/N-ethyl adjacent to an activating group) is 1. The second kappa shape index (κ2) is 9.43. The summed E-state index contributed by atoms with van der Waals surface area (Å²) in [6, 6.07) is 6.44. The van der Waals surface area contributed by atoms with Gasteiger partial charge in [0.25, 0.3) is 0 Å². The Morgan fingerprint density at radius 1 is 1.25 bits per heavy atom. The molecule has 0 bridgehead atoms. The maximum Gasteiger partial charge on any atom is 0.418 e. The Bertz CT molecular complexity index is 792. The minimum absolute atomic E-state index is 0.00399. The molecule has 1 aromatic carbocycles. The lowest BCUT2D eigenvalue weighted by Crippen LogP contribution is -2.36. The van der Waals surface area contributed by atoms with Crippen LogP contribution in [-0.2, 0) is 11.2 Å². The van der Waals surface area contributed by atoms with Gasteiger partial charge in [-0.2, -0.15) is 0 Å². The third-order valence-corrected chi connectivity index (χ3v) is 5.55. The fourth-order valence-electron chi connectivity index (χ4n) is 3.97. The van der Waals surface area contributed by atoms with Gasteiger partial charge in [-0.15, -0.1) is 0 Å². The number of ether oxygens (including phenoxy) is 2. The highest BCUT2D eigenvalue weighted by Crippen LogP contribution is 2.28. The molecule has 0 radical (unpaired) electrons. The van der Waals surface area contributed by atoms with E-state index in [9.17, 15) is 4.79 Å². The summed E-state index contributed by atoms with van der Waals surface area (Å²) in [5, 5.41) is 4.57. The molecule has 3 rings (SSSR count). The molecule has 1 N–H and O–H groups in total. The summed E-state index contributed by atoms with van der Waals surface area (Å²) < 4.78 is 12.9. The molecule has 0 atom stereocenters. The highest BCUT2D eigenvalue weighted by molar-refractivity contribution is 5.92. The van der Waals surface area contributed by atoms with Crippen molar-refractivity contribution < 1.29 is 14.3 Å². The van der Waals surface area contributed by atoms with E-state index in [1.807, 2.05) is 24.4 Å². The van der Waals surface area contributed by atoms with Crippen LogP contribution in [0.2, 0.25) is 0 Å². The van der Waals surface area contributed by atoms with Crippen LogP contribution in [0, 0.1) is 0 Å². The van der Waals surface area contributed by atoms with Gasteiger partial charge >= 0.3 is 6.09 Å². The number of rotatable bonds is 7. The van der Waals surface area contributed by atoms with Gasteiger partial charge in [0.15, 0.2) is 0 Å². The number of hydrogen-bond acceptors (Lipinski definition) is 5. The van der Waals surface area contributed by atoms with Crippen LogP contribution in [0.25, 0.3) is 10.9 Å². The molecule has 1 aromatic heterocycles. The molecule has 0 amide bonds. The first-order valence-electron chi connectivity index (χ1n) is 10.3. The van der Waals surface area contributed by atoms with Crippen molar-refractivity contribution in [2.45, 2.75) is 51.2 Å². The van der Waals surface area contributed by atoms with Gasteiger partial charge in [0, 0.05) is 30.2 Å². The van der Waals surface area contributed by atoms with E-state index in [0.29, 0.717) is 6.04 Å². The molecule has 6 nitrogen and oxygen atoms in total. The zero-order chi connectivity index (χ0) is 20.1. The van der Waals surface area contributed by atoms with Crippen molar-refractivity contribution in [1.29, 1.82) is 0 Å². The fraction of sp³-hybridized carbons (Fsp3) is 0.591. The quantitative estimate of drug-likeness (QED) is 0.786. The van der Waals surface area contributed by atoms with Crippen LogP contribution >= 0.6 is 0 Å². The Morgan fingerprint density at radius 3 is 2.64 bits per heavy atom. The maximum atomic E-state index is 13.0. The summed E-state index contributed by atoms with van der Waals surface area (Å²) in [6.07, 6.45) is 6.46. The first kappa shape index (κ1) is 20.7. The Labute approximate surface area is 167 Å². The number of nitrogens with zero attached hydrogens (tertiary/aromatic N) is 2. The minimum atomic E-state index is -0.291. The summed E-state index contributed by atoms with van der Waals surface area (Å²) in [5.74, 6) is 0.741. The van der Waals surface area contributed by atoms with E-state index in [0.717, 1.165) is 67.4 Å². The molecule has 1 saturated carbocycles. The number of fused-ring (bicyclic) bond motifs is 1. The second-order valence-corrected chi connectivity index (χ2v) is 7.88. The predicted octanol–water partition coefficient (Wildman–Crippen LogP) is 3.66. The molecule has 28 heavy (non-hydrogen) atoms. The number of carbonyl (C=O) groups excluding carboxylic acids is 1. The topological polar surface area (TPSA) is 55.7 Å². The van der Waals surface area contributed by atoms with Crippen molar-refractivity contribution in [3.05, 3.63) is 30.0 Å². The Kier molecular flexibility index (Phi) is 6.97. The van der Waals surface area contributed by atoms with Gasteiger partial charge < -0.3 is 19.7 Å². The Morgan fingerprint density at radius 2 is 2.00 bits per heavy atom. The first-order chi connectivity index (χ1) is 13.5. The van der Waals surface area contributed by atoms with Crippen molar-refractivity contribution in [2.75, 3.05) is 34.3 Å². The normalized spacial score (nSPS) is 19.9. The molecular weight excluding hydrogens is 354 g/mol. The van der Waals surface area contributed by atoms with Crippen LogP contribution in [0.3, 0.4) is 0 Å². The van der Waals surface area contributed by atoms with Crippen molar-refractivity contribution in [1.82, 2.24) is 14.8 Å². The van der Waals surface area contributed by atoms with Gasteiger partial charge in [0.1, 0.15) is 11.9 Å². The highest BCUT2D eigenvalue weighted by Gasteiger charge is 2.25. The molecule has 1 fully saturated rings. The number of nitrogens with one attached hydrogen (secondary N) is 1. The molecule has 1 heterocycles. The van der Waals surface area contributed by atoms with E-state index in [-0.39, 0.29) is 12.2 Å². The Balaban J connectivity index is 1.77. The van der Waals surface area contributed by atoms with E-state index < -0.39 is 0 Å². The third-order valence-electron chi connectivity index (χ3n) is 5.55. The van der Waals surface area contributed by atoms with E-state index >= 15 is 0 Å². The largest absolute Gasteiger partial charge is 0.497 e. The van der Waals surface area contributed by atoms with Crippen LogP contribution in [-0.4, -0.2) is 62.0 Å². The van der Waals surface area contributed by atoms with Gasteiger partial charge in [-0.05, 0) is 70.4 Å². The van der Waals surface area contributed by atoms with Crippen LogP contribution in [0.5, 0.6) is 5.75 Å². The molecular formula is C22H33N3O3. The minimum Gasteiger partial charge on any atom is -0.497 e. The molecule has 0 unspecified atom stereocenters. The number of hydrogen-bond donors (Lipinski definition) is 1. The van der Waals surface area contributed by atoms with E-state index in [2.05, 4.69) is 31.2 Å². The van der Waals surface area contributed by atoms with E-state index in [1.165, 1.54) is 0 Å². The second-order valence-electron chi connectivity index (χ2n) is 7.88.